The van der Waals surface area contributed by atoms with Gasteiger partial charge in [-0.2, -0.15) is 0 Å². The van der Waals surface area contributed by atoms with Crippen LogP contribution < -0.4 is 9.47 Å². The zero-order valence-corrected chi connectivity index (χ0v) is 16.9. The predicted octanol–water partition coefficient (Wildman–Crippen LogP) is 2.16. The molecule has 150 valence electrons. The molecule has 0 aliphatic carbocycles. The Bertz CT molecular complexity index is 678. The molecule has 1 amide bonds. The monoisotopic (exact) mass is 376 g/mol. The maximum Gasteiger partial charge on any atom is 0.266 e. The fourth-order valence-electron chi connectivity index (χ4n) is 4.60. The number of likely N-dealkylation sites (tertiary alicyclic amines) is 2. The molecule has 2 aliphatic rings. The standard InChI is InChI=1S/C21H32N2O4/c1-20(2,27-17-9-6-5-8-16(17)26-4)19(25)23-13-11-21(15-24)10-7-12-22(3)18(21)14-23/h5-6,8-9,18,24H,7,10-15H2,1-4H3/t18-,21-/m1/s1. The third-order valence-corrected chi connectivity index (χ3v) is 6.25. The van der Waals surface area contributed by atoms with Gasteiger partial charge in [0.2, 0.25) is 0 Å². The summed E-state index contributed by atoms with van der Waals surface area (Å²) < 4.78 is 11.4. The second-order valence-corrected chi connectivity index (χ2v) is 8.38. The van der Waals surface area contributed by atoms with Crippen LogP contribution in [0.5, 0.6) is 11.5 Å². The van der Waals surface area contributed by atoms with Gasteiger partial charge in [0.05, 0.1) is 13.7 Å². The van der Waals surface area contributed by atoms with Crippen molar-refractivity contribution in [2.24, 2.45) is 5.41 Å². The highest BCUT2D eigenvalue weighted by atomic mass is 16.5. The molecule has 0 radical (unpaired) electrons. The van der Waals surface area contributed by atoms with Crippen molar-refractivity contribution in [2.75, 3.05) is 40.4 Å². The molecule has 27 heavy (non-hydrogen) atoms. The van der Waals surface area contributed by atoms with Crippen molar-refractivity contribution in [1.29, 1.82) is 0 Å². The lowest BCUT2D eigenvalue weighted by molar-refractivity contribution is -0.153. The molecule has 2 atom stereocenters. The molecule has 2 saturated heterocycles. The summed E-state index contributed by atoms with van der Waals surface area (Å²) in [6, 6.07) is 7.57. The molecule has 3 rings (SSSR count). The number of carbonyl (C=O) groups is 1. The number of ether oxygens (including phenoxy) is 2. The lowest BCUT2D eigenvalue weighted by atomic mass is 9.69. The summed E-state index contributed by atoms with van der Waals surface area (Å²) in [5, 5.41) is 10.1. The van der Waals surface area contributed by atoms with Crippen molar-refractivity contribution in [1.82, 2.24) is 9.80 Å². The highest BCUT2D eigenvalue weighted by Gasteiger charge is 2.49. The number of aliphatic hydroxyl groups is 1. The molecular weight excluding hydrogens is 344 g/mol. The highest BCUT2D eigenvalue weighted by Crippen LogP contribution is 2.42. The van der Waals surface area contributed by atoms with Gasteiger partial charge >= 0.3 is 0 Å². The number of rotatable bonds is 5. The molecule has 1 aromatic carbocycles. The number of likely N-dealkylation sites (N-methyl/N-ethyl adjacent to an activating group) is 1. The predicted molar refractivity (Wildman–Crippen MR) is 104 cm³/mol. The fourth-order valence-corrected chi connectivity index (χ4v) is 4.60. The molecule has 0 unspecified atom stereocenters. The first-order chi connectivity index (χ1) is 12.8. The Labute approximate surface area is 162 Å². The van der Waals surface area contributed by atoms with E-state index >= 15 is 0 Å². The van der Waals surface area contributed by atoms with Crippen LogP contribution in [0.15, 0.2) is 24.3 Å². The molecule has 0 bridgehead atoms. The number of piperidine rings is 2. The van der Waals surface area contributed by atoms with Crippen LogP contribution in [0.4, 0.5) is 0 Å². The summed E-state index contributed by atoms with van der Waals surface area (Å²) in [5.41, 5.74) is -1.08. The Kier molecular flexibility index (Phi) is 5.68. The van der Waals surface area contributed by atoms with E-state index in [1.165, 1.54) is 0 Å². The molecule has 0 saturated carbocycles. The normalized spacial score (nSPS) is 26.4. The van der Waals surface area contributed by atoms with Gasteiger partial charge < -0.3 is 24.4 Å². The highest BCUT2D eigenvalue weighted by molar-refractivity contribution is 5.85. The largest absolute Gasteiger partial charge is 0.493 e. The van der Waals surface area contributed by atoms with Gasteiger partial charge in [0, 0.05) is 24.5 Å². The minimum absolute atomic E-state index is 0.0288. The zero-order chi connectivity index (χ0) is 19.7. The van der Waals surface area contributed by atoms with Gasteiger partial charge in [-0.3, -0.25) is 4.79 Å². The smallest absolute Gasteiger partial charge is 0.266 e. The molecule has 2 heterocycles. The molecule has 1 aromatic rings. The topological polar surface area (TPSA) is 62.2 Å². The van der Waals surface area contributed by atoms with Crippen molar-refractivity contribution in [3.05, 3.63) is 24.3 Å². The molecule has 6 nitrogen and oxygen atoms in total. The zero-order valence-electron chi connectivity index (χ0n) is 16.9. The second kappa shape index (κ2) is 7.68. The van der Waals surface area contributed by atoms with Crippen LogP contribution in [0.3, 0.4) is 0 Å². The van der Waals surface area contributed by atoms with E-state index in [0.29, 0.717) is 24.6 Å². The average Bonchev–Trinajstić information content (AvgIpc) is 2.67. The van der Waals surface area contributed by atoms with E-state index in [-0.39, 0.29) is 24.0 Å². The number of methoxy groups -OCH3 is 1. The van der Waals surface area contributed by atoms with Crippen LogP contribution in [-0.2, 0) is 4.79 Å². The Morgan fingerprint density at radius 1 is 1.26 bits per heavy atom. The molecule has 2 aliphatic heterocycles. The number of para-hydroxylation sites is 2. The van der Waals surface area contributed by atoms with E-state index < -0.39 is 5.60 Å². The maximum absolute atomic E-state index is 13.3. The first-order valence-corrected chi connectivity index (χ1v) is 9.75. The minimum atomic E-state index is -0.999. The van der Waals surface area contributed by atoms with Gasteiger partial charge in [0.25, 0.3) is 5.91 Å². The van der Waals surface area contributed by atoms with E-state index in [2.05, 4.69) is 11.9 Å². The van der Waals surface area contributed by atoms with Crippen molar-refractivity contribution in [3.63, 3.8) is 0 Å². The van der Waals surface area contributed by atoms with Crippen LogP contribution in [-0.4, -0.2) is 72.9 Å². The summed E-state index contributed by atoms with van der Waals surface area (Å²) in [7, 11) is 3.69. The van der Waals surface area contributed by atoms with Crippen molar-refractivity contribution >= 4 is 5.91 Å². The summed E-state index contributed by atoms with van der Waals surface area (Å²) >= 11 is 0. The first-order valence-electron chi connectivity index (χ1n) is 9.75. The Morgan fingerprint density at radius 3 is 2.63 bits per heavy atom. The fraction of sp³-hybridized carbons (Fsp3) is 0.667. The molecular formula is C21H32N2O4. The van der Waals surface area contributed by atoms with E-state index in [4.69, 9.17) is 9.47 Å². The van der Waals surface area contributed by atoms with Crippen molar-refractivity contribution < 1.29 is 19.4 Å². The number of nitrogens with zero attached hydrogens (tertiary/aromatic N) is 2. The van der Waals surface area contributed by atoms with E-state index in [9.17, 15) is 9.90 Å². The SMILES string of the molecule is COc1ccccc1OC(C)(C)C(=O)N1CC[C@@]2(CO)CCCN(C)[C@@H]2C1. The number of carbonyl (C=O) groups excluding carboxylic acids is 1. The van der Waals surface area contributed by atoms with Crippen LogP contribution in [0, 0.1) is 5.41 Å². The number of aliphatic hydroxyl groups excluding tert-OH is 1. The molecule has 0 spiro atoms. The van der Waals surface area contributed by atoms with Gasteiger partial charge in [-0.25, -0.2) is 0 Å². The number of hydrogen-bond acceptors (Lipinski definition) is 5. The second-order valence-electron chi connectivity index (χ2n) is 8.38. The summed E-state index contributed by atoms with van der Waals surface area (Å²) in [6.45, 7) is 6.10. The van der Waals surface area contributed by atoms with Gasteiger partial charge in [-0.05, 0) is 58.8 Å². The lowest BCUT2D eigenvalue weighted by Gasteiger charge is -2.54. The Hall–Kier alpha value is -1.79. The van der Waals surface area contributed by atoms with Crippen LogP contribution in [0.25, 0.3) is 0 Å². The lowest BCUT2D eigenvalue weighted by Crippen LogP contribution is -2.64. The number of hydrogen-bond donors (Lipinski definition) is 1. The van der Waals surface area contributed by atoms with Gasteiger partial charge in [-0.1, -0.05) is 12.1 Å². The Balaban J connectivity index is 1.75. The van der Waals surface area contributed by atoms with E-state index in [1.54, 1.807) is 21.0 Å². The average molecular weight is 376 g/mol. The number of amides is 1. The number of fused-ring (bicyclic) bond motifs is 1. The van der Waals surface area contributed by atoms with Gasteiger partial charge in [-0.15, -0.1) is 0 Å². The molecule has 1 N–H and O–H groups in total. The third kappa shape index (κ3) is 3.78. The van der Waals surface area contributed by atoms with Gasteiger partial charge in [0.15, 0.2) is 17.1 Å². The quantitative estimate of drug-likeness (QED) is 0.853. The van der Waals surface area contributed by atoms with Crippen molar-refractivity contribution in [2.45, 2.75) is 44.8 Å². The number of benzene rings is 1. The summed E-state index contributed by atoms with van der Waals surface area (Å²) in [5.74, 6) is 1.15. The summed E-state index contributed by atoms with van der Waals surface area (Å²) in [4.78, 5) is 17.5. The molecule has 2 fully saturated rings. The molecule has 6 heteroatoms. The van der Waals surface area contributed by atoms with Crippen LogP contribution >= 0.6 is 0 Å². The van der Waals surface area contributed by atoms with E-state index in [0.717, 1.165) is 25.8 Å². The third-order valence-electron chi connectivity index (χ3n) is 6.25. The van der Waals surface area contributed by atoms with Gasteiger partial charge in [0.1, 0.15) is 0 Å². The maximum atomic E-state index is 13.3. The van der Waals surface area contributed by atoms with Crippen LogP contribution in [0.1, 0.15) is 33.1 Å². The van der Waals surface area contributed by atoms with E-state index in [1.807, 2.05) is 29.2 Å². The van der Waals surface area contributed by atoms with Crippen LogP contribution in [0.2, 0.25) is 0 Å². The Morgan fingerprint density at radius 2 is 1.96 bits per heavy atom. The molecule has 0 aromatic heterocycles. The first kappa shape index (κ1) is 20.0. The van der Waals surface area contributed by atoms with Crippen molar-refractivity contribution in [3.8, 4) is 11.5 Å². The summed E-state index contributed by atoms with van der Waals surface area (Å²) in [6.07, 6.45) is 2.96. The minimum Gasteiger partial charge on any atom is -0.493 e.